The third-order valence-corrected chi connectivity index (χ3v) is 18.3. The van der Waals surface area contributed by atoms with Gasteiger partial charge >= 0.3 is 33.6 Å². The maximum absolute atomic E-state index is 13.0. The molecular weight excluding hydrogens is 1360 g/mol. The molecule has 0 saturated heterocycles. The molecule has 0 bridgehead atoms. The van der Waals surface area contributed by atoms with Gasteiger partial charge in [-0.05, 0) is 154 Å². The molecule has 0 heterocycles. The minimum absolute atomic E-state index is 0.0798. The monoisotopic (exact) mass is 1510 g/mol. The maximum Gasteiger partial charge on any atom is 0.472 e. The van der Waals surface area contributed by atoms with Crippen molar-refractivity contribution in [2.75, 3.05) is 39.6 Å². The predicted octanol–water partition coefficient (Wildman–Crippen LogP) is 24.0. The second-order valence-electron chi connectivity index (χ2n) is 26.5. The minimum Gasteiger partial charge on any atom is -0.463 e. The van der Waals surface area contributed by atoms with Crippen LogP contribution in [0, 0.1) is 0 Å². The van der Waals surface area contributed by atoms with Gasteiger partial charge in [0.2, 0.25) is 0 Å². The Balaban J connectivity index is 4.59. The third-order valence-electron chi connectivity index (χ3n) is 16.4. The first kappa shape index (κ1) is 99.9. The first-order chi connectivity index (χ1) is 51.2. The average molecular weight is 1510 g/mol. The van der Waals surface area contributed by atoms with Crippen LogP contribution in [0.25, 0.3) is 0 Å². The van der Waals surface area contributed by atoms with Gasteiger partial charge in [-0.15, -0.1) is 0 Å². The van der Waals surface area contributed by atoms with Crippen molar-refractivity contribution in [1.29, 1.82) is 0 Å². The zero-order chi connectivity index (χ0) is 76.6. The number of aliphatic hydroxyl groups excluding tert-OH is 2. The molecule has 4 N–H and O–H groups in total. The van der Waals surface area contributed by atoms with Gasteiger partial charge in [-0.1, -0.05) is 300 Å². The molecule has 0 aromatic rings. The van der Waals surface area contributed by atoms with Crippen LogP contribution in [0.4, 0.5) is 0 Å². The molecule has 5 unspecified atom stereocenters. The molecule has 0 rings (SSSR count). The van der Waals surface area contributed by atoms with Crippen molar-refractivity contribution < 1.29 is 75.8 Å². The summed E-state index contributed by atoms with van der Waals surface area (Å²) in [6, 6.07) is 0. The summed E-state index contributed by atoms with van der Waals surface area (Å²) in [4.78, 5) is 58.7. The highest BCUT2D eigenvalue weighted by Gasteiger charge is 2.29. The summed E-state index contributed by atoms with van der Waals surface area (Å²) in [5.74, 6) is -1.62. The fraction of sp³-hybridized carbons (Fsp3) is 0.644. The summed E-state index contributed by atoms with van der Waals surface area (Å²) in [7, 11) is -9.81. The van der Waals surface area contributed by atoms with Crippen molar-refractivity contribution >= 4 is 33.6 Å². The largest absolute Gasteiger partial charge is 0.472 e. The Morgan fingerprint density at radius 1 is 0.276 bits per heavy atom. The fourth-order valence-electron chi connectivity index (χ4n) is 10.3. The van der Waals surface area contributed by atoms with Gasteiger partial charge in [0.1, 0.15) is 25.4 Å². The van der Waals surface area contributed by atoms with Crippen LogP contribution in [-0.4, -0.2) is 95.9 Å². The molecule has 0 spiro atoms. The maximum atomic E-state index is 13.0. The van der Waals surface area contributed by atoms with Crippen LogP contribution in [0.5, 0.6) is 0 Å². The standard InChI is InChI=1S/C87H144O16P2/c1-4-7-10-13-16-19-22-25-28-30-32-34-36-38-39-40-41-43-45-46-48-50-53-55-58-61-64-67-70-73-85(90)97-76-82(88)77-99-104(93,94)100-78-83(89)79-101-105(95,96)102-81-84(103-87(92)75-72-69-66-63-60-57-52-27-24-21-18-15-12-9-6-3)80-98-86(91)74-71-68-65-62-59-56-54-51-49-47-44-42-37-35-33-31-29-26-23-20-17-14-11-8-5-2/h7-8,10-11,16-21,25-29,32-35,38-39,41-44,49,51-52,82-84,88-89H,4-6,9,12-15,22-24,30-31,36-37,40,45-48,50,53-81H2,1-3H3,(H,93,94)(H,95,96)/b10-7-,11-8-,19-16-,20-17-,21-18-,28-25-,29-26-,34-32-,35-33-,39-38-,43-41-,44-42-,51-49-,52-27-. The van der Waals surface area contributed by atoms with Crippen molar-refractivity contribution in [3.8, 4) is 0 Å². The highest BCUT2D eigenvalue weighted by Crippen LogP contribution is 2.45. The van der Waals surface area contributed by atoms with Crippen LogP contribution in [-0.2, 0) is 55.8 Å². The molecule has 0 aliphatic heterocycles. The van der Waals surface area contributed by atoms with E-state index in [2.05, 4.69) is 191 Å². The van der Waals surface area contributed by atoms with Crippen LogP contribution >= 0.6 is 15.6 Å². The molecule has 0 aromatic carbocycles. The van der Waals surface area contributed by atoms with Crippen LogP contribution in [0.2, 0.25) is 0 Å². The van der Waals surface area contributed by atoms with E-state index in [0.29, 0.717) is 19.3 Å². The number of rotatable bonds is 75. The zero-order valence-corrected chi connectivity index (χ0v) is 67.1. The summed E-state index contributed by atoms with van der Waals surface area (Å²) >= 11 is 0. The molecule has 0 aliphatic carbocycles. The first-order valence-electron chi connectivity index (χ1n) is 40.4. The van der Waals surface area contributed by atoms with Gasteiger partial charge < -0.3 is 34.2 Å². The van der Waals surface area contributed by atoms with E-state index in [1.165, 1.54) is 51.4 Å². The Morgan fingerprint density at radius 3 is 0.800 bits per heavy atom. The van der Waals surface area contributed by atoms with Gasteiger partial charge in [-0.2, -0.15) is 0 Å². The number of phosphoric acid groups is 2. The molecule has 16 nitrogen and oxygen atoms in total. The predicted molar refractivity (Wildman–Crippen MR) is 435 cm³/mol. The van der Waals surface area contributed by atoms with Crippen molar-refractivity contribution in [3.05, 3.63) is 170 Å². The fourth-order valence-corrected chi connectivity index (χ4v) is 11.9. The van der Waals surface area contributed by atoms with Crippen LogP contribution in [0.1, 0.15) is 303 Å². The molecule has 18 heteroatoms. The molecule has 0 aliphatic rings. The van der Waals surface area contributed by atoms with Crippen LogP contribution in [0.3, 0.4) is 0 Å². The Hall–Kier alpha value is -5.09. The zero-order valence-electron chi connectivity index (χ0n) is 65.3. The molecule has 0 fully saturated rings. The normalized spacial score (nSPS) is 14.8. The lowest BCUT2D eigenvalue weighted by molar-refractivity contribution is -0.161. The van der Waals surface area contributed by atoms with Crippen LogP contribution in [0.15, 0.2) is 170 Å². The summed E-state index contributed by atoms with van der Waals surface area (Å²) < 4.78 is 61.2. The number of ether oxygens (including phenoxy) is 3. The van der Waals surface area contributed by atoms with E-state index in [0.717, 1.165) is 193 Å². The summed E-state index contributed by atoms with van der Waals surface area (Å²) in [6.07, 6.45) is 99.6. The number of carbonyl (C=O) groups is 3. The van der Waals surface area contributed by atoms with Gasteiger partial charge in [0.25, 0.3) is 0 Å². The van der Waals surface area contributed by atoms with E-state index in [1.54, 1.807) is 0 Å². The highest BCUT2D eigenvalue weighted by molar-refractivity contribution is 7.47. The van der Waals surface area contributed by atoms with Crippen molar-refractivity contribution in [2.45, 2.75) is 322 Å². The topological polar surface area (TPSA) is 231 Å². The van der Waals surface area contributed by atoms with Crippen molar-refractivity contribution in [3.63, 3.8) is 0 Å². The Kier molecular flexibility index (Phi) is 74.7. The van der Waals surface area contributed by atoms with Gasteiger partial charge in [-0.3, -0.25) is 32.5 Å². The lowest BCUT2D eigenvalue weighted by Crippen LogP contribution is -2.30. The molecule has 0 aromatic heterocycles. The second kappa shape index (κ2) is 78.5. The Labute approximate surface area is 637 Å². The minimum atomic E-state index is -4.95. The van der Waals surface area contributed by atoms with Gasteiger partial charge in [0.05, 0.1) is 26.4 Å². The summed E-state index contributed by atoms with van der Waals surface area (Å²) in [5.41, 5.74) is 0. The van der Waals surface area contributed by atoms with E-state index in [9.17, 15) is 43.5 Å². The SMILES string of the molecule is CC/C=C\C/C=C\C/C=C\C/C=C\C/C=C\C/C=C\CCCCCCCCCCCCC(=O)OCC(O)COP(=O)(O)OCC(O)COP(=O)(O)OCC(COC(=O)CCCCCCCC/C=C\C/C=C\C/C=C\C/C=C\C/C=C\C/C=C\CC)OC(=O)CCCCCCC/C=C\C/C=C\CCCCC. The third kappa shape index (κ3) is 79.8. The van der Waals surface area contributed by atoms with E-state index in [1.807, 2.05) is 0 Å². The first-order valence-corrected chi connectivity index (χ1v) is 43.4. The second-order valence-corrected chi connectivity index (χ2v) is 29.4. The lowest BCUT2D eigenvalue weighted by Gasteiger charge is -2.21. The van der Waals surface area contributed by atoms with E-state index in [4.69, 9.17) is 32.3 Å². The highest BCUT2D eigenvalue weighted by atomic mass is 31.2. The Morgan fingerprint density at radius 2 is 0.505 bits per heavy atom. The molecule has 598 valence electrons. The number of unbranched alkanes of at least 4 members (excludes halogenated alkanes) is 24. The van der Waals surface area contributed by atoms with E-state index < -0.39 is 91.5 Å². The Bertz CT molecular complexity index is 2590. The van der Waals surface area contributed by atoms with Gasteiger partial charge in [-0.25, -0.2) is 9.13 Å². The smallest absolute Gasteiger partial charge is 0.463 e. The molecule has 105 heavy (non-hydrogen) atoms. The quantitative estimate of drug-likeness (QED) is 0.0146. The van der Waals surface area contributed by atoms with Gasteiger partial charge in [0.15, 0.2) is 6.10 Å². The molecule has 5 atom stereocenters. The van der Waals surface area contributed by atoms with E-state index in [-0.39, 0.29) is 19.3 Å². The lowest BCUT2D eigenvalue weighted by atomic mass is 10.1. The number of phosphoric ester groups is 2. The number of hydrogen-bond donors (Lipinski definition) is 4. The number of hydrogen-bond acceptors (Lipinski definition) is 14. The van der Waals surface area contributed by atoms with Crippen LogP contribution < -0.4 is 0 Å². The summed E-state index contributed by atoms with van der Waals surface area (Å²) in [5, 5.41) is 20.7. The van der Waals surface area contributed by atoms with Crippen molar-refractivity contribution in [2.24, 2.45) is 0 Å². The van der Waals surface area contributed by atoms with Gasteiger partial charge in [0, 0.05) is 19.3 Å². The summed E-state index contributed by atoms with van der Waals surface area (Å²) in [6.45, 7) is 2.38. The molecule has 0 saturated carbocycles. The number of carbonyl (C=O) groups excluding carboxylic acids is 3. The van der Waals surface area contributed by atoms with E-state index >= 15 is 0 Å². The number of allylic oxidation sites excluding steroid dienone is 28. The molecule has 0 radical (unpaired) electrons. The molecular formula is C87H144O16P2. The molecule has 0 amide bonds. The number of aliphatic hydroxyl groups is 2. The van der Waals surface area contributed by atoms with Crippen molar-refractivity contribution in [1.82, 2.24) is 0 Å². The average Bonchev–Trinajstić information content (AvgIpc) is 0.913. The number of esters is 3.